The van der Waals surface area contributed by atoms with Crippen molar-refractivity contribution in [2.45, 2.75) is 6.42 Å². The molecule has 0 aliphatic rings. The molecule has 24 heavy (non-hydrogen) atoms. The largest absolute Gasteiger partial charge is 0.378 e. The van der Waals surface area contributed by atoms with Crippen LogP contribution in [0.5, 0.6) is 0 Å². The molecule has 1 amide bonds. The van der Waals surface area contributed by atoms with E-state index in [4.69, 9.17) is 5.73 Å². The molecule has 3 N–H and O–H groups in total. The zero-order valence-corrected chi connectivity index (χ0v) is 12.6. The van der Waals surface area contributed by atoms with Crippen LogP contribution < -0.4 is 11.1 Å². The number of carbonyl (C=O) groups is 1. The summed E-state index contributed by atoms with van der Waals surface area (Å²) in [7, 11) is 0. The zero-order valence-electron chi connectivity index (χ0n) is 12.6. The molecule has 2 aromatic carbocycles. The van der Waals surface area contributed by atoms with Crippen LogP contribution in [0.25, 0.3) is 10.8 Å². The standard InChI is InChI=1S/C17H14N4O3/c18-17-14(21(23)24)7-8-15(20-17)19-16(22)10-11-5-6-12-3-1-2-4-13(12)9-11/h1-9H,10H2,(H3,18,19,20,22). The Kier molecular flexibility index (Phi) is 4.07. The van der Waals surface area contributed by atoms with Crippen LogP contribution in [0.2, 0.25) is 0 Å². The van der Waals surface area contributed by atoms with E-state index in [1.54, 1.807) is 0 Å². The van der Waals surface area contributed by atoms with Crippen molar-refractivity contribution in [2.24, 2.45) is 0 Å². The third-order valence-electron chi connectivity index (χ3n) is 3.55. The molecular weight excluding hydrogens is 308 g/mol. The van der Waals surface area contributed by atoms with Gasteiger partial charge in [-0.25, -0.2) is 4.98 Å². The summed E-state index contributed by atoms with van der Waals surface area (Å²) in [6.07, 6.45) is 0.170. The number of aromatic nitrogens is 1. The van der Waals surface area contributed by atoms with E-state index in [-0.39, 0.29) is 29.7 Å². The minimum atomic E-state index is -0.622. The third-order valence-corrected chi connectivity index (χ3v) is 3.55. The first kappa shape index (κ1) is 15.4. The Morgan fingerprint density at radius 3 is 2.58 bits per heavy atom. The molecule has 0 bridgehead atoms. The number of pyridine rings is 1. The summed E-state index contributed by atoms with van der Waals surface area (Å²) in [6, 6.07) is 16.3. The number of amides is 1. The molecule has 0 unspecified atom stereocenters. The SMILES string of the molecule is Nc1nc(NC(=O)Cc2ccc3ccccc3c2)ccc1[N+](=O)[O-]. The number of nitrogens with zero attached hydrogens (tertiary/aromatic N) is 2. The maximum absolute atomic E-state index is 12.1. The van der Waals surface area contributed by atoms with Crippen molar-refractivity contribution in [3.63, 3.8) is 0 Å². The van der Waals surface area contributed by atoms with Gasteiger partial charge in [-0.3, -0.25) is 14.9 Å². The highest BCUT2D eigenvalue weighted by atomic mass is 16.6. The van der Waals surface area contributed by atoms with E-state index in [0.29, 0.717) is 0 Å². The average Bonchev–Trinajstić information content (AvgIpc) is 2.54. The maximum Gasteiger partial charge on any atom is 0.311 e. The number of hydrogen-bond donors (Lipinski definition) is 2. The van der Waals surface area contributed by atoms with Crippen LogP contribution in [0.3, 0.4) is 0 Å². The van der Waals surface area contributed by atoms with Crippen molar-refractivity contribution in [1.29, 1.82) is 0 Å². The second-order valence-electron chi connectivity index (χ2n) is 5.26. The number of benzene rings is 2. The van der Waals surface area contributed by atoms with E-state index in [1.807, 2.05) is 42.5 Å². The van der Waals surface area contributed by atoms with Crippen LogP contribution in [0.15, 0.2) is 54.6 Å². The van der Waals surface area contributed by atoms with Gasteiger partial charge >= 0.3 is 5.69 Å². The predicted octanol–water partition coefficient (Wildman–Crippen LogP) is 2.91. The fraction of sp³-hybridized carbons (Fsp3) is 0.0588. The molecule has 0 atom stereocenters. The second-order valence-corrected chi connectivity index (χ2v) is 5.26. The van der Waals surface area contributed by atoms with Gasteiger partial charge in [-0.15, -0.1) is 0 Å². The van der Waals surface area contributed by atoms with Crippen LogP contribution in [0, 0.1) is 10.1 Å². The monoisotopic (exact) mass is 322 g/mol. The molecule has 0 saturated carbocycles. The molecule has 7 nitrogen and oxygen atoms in total. The zero-order chi connectivity index (χ0) is 17.1. The Labute approximate surface area is 137 Å². The van der Waals surface area contributed by atoms with E-state index in [9.17, 15) is 14.9 Å². The van der Waals surface area contributed by atoms with E-state index < -0.39 is 4.92 Å². The fourth-order valence-corrected chi connectivity index (χ4v) is 2.41. The molecule has 0 aliphatic heterocycles. The summed E-state index contributed by atoms with van der Waals surface area (Å²) in [5.74, 6) is -0.321. The molecule has 0 saturated heterocycles. The number of nitrogens with two attached hydrogens (primary N) is 1. The summed E-state index contributed by atoms with van der Waals surface area (Å²) in [5.41, 5.74) is 6.08. The van der Waals surface area contributed by atoms with Gasteiger partial charge in [-0.2, -0.15) is 0 Å². The molecule has 3 rings (SSSR count). The van der Waals surface area contributed by atoms with E-state index in [1.165, 1.54) is 12.1 Å². The smallest absolute Gasteiger partial charge is 0.311 e. The van der Waals surface area contributed by atoms with Crippen LogP contribution in [0.1, 0.15) is 5.56 Å². The lowest BCUT2D eigenvalue weighted by molar-refractivity contribution is -0.384. The summed E-state index contributed by atoms with van der Waals surface area (Å²) in [5, 5.41) is 15.5. The third kappa shape index (κ3) is 3.30. The first-order valence-electron chi connectivity index (χ1n) is 7.21. The molecule has 0 spiro atoms. The normalized spacial score (nSPS) is 10.5. The molecule has 1 aromatic heterocycles. The summed E-state index contributed by atoms with van der Waals surface area (Å²) in [4.78, 5) is 26.0. The number of anilines is 2. The highest BCUT2D eigenvalue weighted by Crippen LogP contribution is 2.21. The lowest BCUT2D eigenvalue weighted by Gasteiger charge is -2.06. The molecule has 0 fully saturated rings. The molecule has 7 heteroatoms. The fourth-order valence-electron chi connectivity index (χ4n) is 2.41. The van der Waals surface area contributed by atoms with E-state index in [0.717, 1.165) is 16.3 Å². The number of nitrogens with one attached hydrogen (secondary N) is 1. The van der Waals surface area contributed by atoms with E-state index in [2.05, 4.69) is 10.3 Å². The van der Waals surface area contributed by atoms with Crippen molar-refractivity contribution >= 4 is 34.0 Å². The minimum Gasteiger partial charge on any atom is -0.378 e. The highest BCUT2D eigenvalue weighted by molar-refractivity contribution is 5.92. The highest BCUT2D eigenvalue weighted by Gasteiger charge is 2.14. The number of nitro groups is 1. The van der Waals surface area contributed by atoms with Crippen molar-refractivity contribution in [3.05, 3.63) is 70.3 Å². The molecule has 3 aromatic rings. The first-order valence-corrected chi connectivity index (χ1v) is 7.21. The van der Waals surface area contributed by atoms with Gasteiger partial charge in [0.1, 0.15) is 5.82 Å². The quantitative estimate of drug-likeness (QED) is 0.566. The summed E-state index contributed by atoms with van der Waals surface area (Å²) >= 11 is 0. The second kappa shape index (κ2) is 6.33. The van der Waals surface area contributed by atoms with E-state index >= 15 is 0 Å². The first-order chi connectivity index (χ1) is 11.5. The number of fused-ring (bicyclic) bond motifs is 1. The Morgan fingerprint density at radius 1 is 1.12 bits per heavy atom. The van der Waals surface area contributed by atoms with Gasteiger partial charge in [-0.05, 0) is 22.4 Å². The van der Waals surface area contributed by atoms with Gasteiger partial charge in [0.15, 0.2) is 0 Å². The lowest BCUT2D eigenvalue weighted by Crippen LogP contribution is -2.16. The van der Waals surface area contributed by atoms with Gasteiger partial charge in [0, 0.05) is 6.07 Å². The van der Waals surface area contributed by atoms with Crippen molar-refractivity contribution in [1.82, 2.24) is 4.98 Å². The van der Waals surface area contributed by atoms with Crippen LogP contribution in [-0.2, 0) is 11.2 Å². The van der Waals surface area contributed by atoms with Crippen molar-refractivity contribution in [3.8, 4) is 0 Å². The molecule has 1 heterocycles. The maximum atomic E-state index is 12.1. The Hall–Kier alpha value is -3.48. The minimum absolute atomic E-state index is 0.170. The van der Waals surface area contributed by atoms with Gasteiger partial charge in [0.2, 0.25) is 11.7 Å². The summed E-state index contributed by atoms with van der Waals surface area (Å²) in [6.45, 7) is 0. The van der Waals surface area contributed by atoms with Crippen LogP contribution >= 0.6 is 0 Å². The number of carbonyl (C=O) groups excluding carboxylic acids is 1. The molecular formula is C17H14N4O3. The lowest BCUT2D eigenvalue weighted by atomic mass is 10.0. The Bertz CT molecular complexity index is 940. The topological polar surface area (TPSA) is 111 Å². The van der Waals surface area contributed by atoms with Crippen molar-refractivity contribution in [2.75, 3.05) is 11.1 Å². The number of hydrogen-bond acceptors (Lipinski definition) is 5. The molecule has 0 radical (unpaired) electrons. The number of rotatable bonds is 4. The molecule has 0 aliphatic carbocycles. The van der Waals surface area contributed by atoms with Crippen molar-refractivity contribution < 1.29 is 9.72 Å². The average molecular weight is 322 g/mol. The van der Waals surface area contributed by atoms with Gasteiger partial charge in [0.25, 0.3) is 0 Å². The Balaban J connectivity index is 1.72. The number of nitrogen functional groups attached to an aromatic ring is 1. The predicted molar refractivity (Wildman–Crippen MR) is 91.6 cm³/mol. The van der Waals surface area contributed by atoms with Gasteiger partial charge < -0.3 is 11.1 Å². The Morgan fingerprint density at radius 2 is 1.88 bits per heavy atom. The summed E-state index contributed by atoms with van der Waals surface area (Å²) < 4.78 is 0. The van der Waals surface area contributed by atoms with Gasteiger partial charge in [0.05, 0.1) is 11.3 Å². The van der Waals surface area contributed by atoms with Crippen LogP contribution in [0.4, 0.5) is 17.3 Å². The van der Waals surface area contributed by atoms with Crippen LogP contribution in [-0.4, -0.2) is 15.8 Å². The molecule has 120 valence electrons. The van der Waals surface area contributed by atoms with Gasteiger partial charge in [-0.1, -0.05) is 42.5 Å².